The van der Waals surface area contributed by atoms with Crippen molar-refractivity contribution in [1.82, 2.24) is 0 Å². The van der Waals surface area contributed by atoms with Gasteiger partial charge in [-0.1, -0.05) is 6.07 Å². The number of benzene rings is 1. The zero-order valence-corrected chi connectivity index (χ0v) is 10.1. The van der Waals surface area contributed by atoms with Crippen LogP contribution in [0, 0.1) is 0 Å². The number of rotatable bonds is 1. The van der Waals surface area contributed by atoms with Crippen LogP contribution in [0.1, 0.15) is 23.5 Å². The van der Waals surface area contributed by atoms with Crippen LogP contribution in [0.25, 0.3) is 0 Å². The van der Waals surface area contributed by atoms with Crippen LogP contribution in [0.15, 0.2) is 12.1 Å². The van der Waals surface area contributed by atoms with Gasteiger partial charge in [0.1, 0.15) is 0 Å². The van der Waals surface area contributed by atoms with E-state index in [0.29, 0.717) is 0 Å². The highest BCUT2D eigenvalue weighted by atomic mass is 16.7. The minimum Gasteiger partial charge on any atom is -0.469 e. The lowest BCUT2D eigenvalue weighted by Crippen LogP contribution is -2.38. The van der Waals surface area contributed by atoms with Gasteiger partial charge in [-0.05, 0) is 24.5 Å². The Balaban J connectivity index is 2.10. The quantitative estimate of drug-likeness (QED) is 0.750. The van der Waals surface area contributed by atoms with Crippen LogP contribution >= 0.6 is 0 Å². The lowest BCUT2D eigenvalue weighted by atomic mass is 9.79. The molecule has 0 fully saturated rings. The van der Waals surface area contributed by atoms with Gasteiger partial charge in [-0.2, -0.15) is 0 Å². The molecule has 18 heavy (non-hydrogen) atoms. The number of methoxy groups -OCH3 is 1. The highest BCUT2D eigenvalue weighted by Gasteiger charge is 2.36. The zero-order valence-electron chi connectivity index (χ0n) is 10.1. The van der Waals surface area contributed by atoms with Crippen molar-refractivity contribution >= 4 is 5.97 Å². The highest BCUT2D eigenvalue weighted by Crippen LogP contribution is 2.43. The van der Waals surface area contributed by atoms with Crippen LogP contribution in [0.3, 0.4) is 0 Å². The molecule has 0 saturated heterocycles. The normalized spacial score (nSPS) is 24.6. The molecule has 0 unspecified atom stereocenters. The van der Waals surface area contributed by atoms with E-state index in [0.717, 1.165) is 35.5 Å². The second-order valence-corrected chi connectivity index (χ2v) is 4.57. The first-order valence-corrected chi connectivity index (χ1v) is 5.97. The summed E-state index contributed by atoms with van der Waals surface area (Å²) in [5, 5.41) is 0. The summed E-state index contributed by atoms with van der Waals surface area (Å²) in [4.78, 5) is 11.9. The van der Waals surface area contributed by atoms with Gasteiger partial charge in [0, 0.05) is 11.6 Å². The van der Waals surface area contributed by atoms with E-state index in [1.165, 1.54) is 7.11 Å². The van der Waals surface area contributed by atoms with Gasteiger partial charge in [-0.15, -0.1) is 0 Å². The molecule has 0 amide bonds. The first-order chi connectivity index (χ1) is 8.72. The number of carbonyl (C=O) groups excluding carboxylic acids is 1. The molecule has 3 rings (SSSR count). The molecule has 0 spiro atoms. The number of esters is 1. The predicted molar refractivity (Wildman–Crippen MR) is 63.6 cm³/mol. The molecule has 1 aliphatic heterocycles. The first kappa shape index (κ1) is 11.3. The number of carbonyl (C=O) groups is 1. The summed E-state index contributed by atoms with van der Waals surface area (Å²) in [7, 11) is 1.39. The molecule has 0 bridgehead atoms. The summed E-state index contributed by atoms with van der Waals surface area (Å²) < 4.78 is 15.7. The molecule has 2 N–H and O–H groups in total. The van der Waals surface area contributed by atoms with Crippen molar-refractivity contribution in [1.29, 1.82) is 0 Å². The van der Waals surface area contributed by atoms with Gasteiger partial charge in [0.25, 0.3) is 0 Å². The minimum absolute atomic E-state index is 0.203. The topological polar surface area (TPSA) is 70.8 Å². The van der Waals surface area contributed by atoms with Crippen LogP contribution in [0.5, 0.6) is 11.5 Å². The highest BCUT2D eigenvalue weighted by molar-refractivity contribution is 5.81. The van der Waals surface area contributed by atoms with Crippen molar-refractivity contribution in [3.8, 4) is 11.5 Å². The van der Waals surface area contributed by atoms with Gasteiger partial charge in [0.15, 0.2) is 11.5 Å². The first-order valence-electron chi connectivity index (χ1n) is 5.97. The van der Waals surface area contributed by atoms with E-state index in [4.69, 9.17) is 19.9 Å². The molecule has 0 radical (unpaired) electrons. The van der Waals surface area contributed by atoms with E-state index in [1.807, 2.05) is 12.1 Å². The largest absolute Gasteiger partial charge is 0.469 e. The Hall–Kier alpha value is -1.75. The number of nitrogens with two attached hydrogens (primary N) is 1. The lowest BCUT2D eigenvalue weighted by molar-refractivity contribution is -0.143. The van der Waals surface area contributed by atoms with Crippen molar-refractivity contribution < 1.29 is 19.0 Å². The summed E-state index contributed by atoms with van der Waals surface area (Å²) >= 11 is 0. The fourth-order valence-corrected chi connectivity index (χ4v) is 2.73. The maximum Gasteiger partial charge on any atom is 0.314 e. The van der Waals surface area contributed by atoms with Gasteiger partial charge < -0.3 is 19.9 Å². The molecule has 2 aliphatic rings. The van der Waals surface area contributed by atoms with E-state index in [9.17, 15) is 4.79 Å². The van der Waals surface area contributed by atoms with Gasteiger partial charge >= 0.3 is 5.97 Å². The summed E-state index contributed by atoms with van der Waals surface area (Å²) in [5.74, 6) is 0.803. The number of fused-ring (bicyclic) bond motifs is 3. The van der Waals surface area contributed by atoms with Crippen molar-refractivity contribution in [2.24, 2.45) is 5.73 Å². The Bertz CT molecular complexity index is 500. The fourth-order valence-electron chi connectivity index (χ4n) is 2.73. The van der Waals surface area contributed by atoms with Crippen LogP contribution in [0.2, 0.25) is 0 Å². The standard InChI is InChI=1S/C13H15NO4/c1-16-13(15)11-7-3-5-10-12(18-6-17-10)8(7)2-4-9(11)14/h3,5,9,11H,2,4,6,14H2,1H3/t9-,11-/m1/s1. The predicted octanol–water partition coefficient (Wildman–Crippen LogP) is 0.945. The Morgan fingerprint density at radius 2 is 2.28 bits per heavy atom. The number of hydrogen-bond acceptors (Lipinski definition) is 5. The minimum atomic E-state index is -0.409. The summed E-state index contributed by atoms with van der Waals surface area (Å²) in [6.45, 7) is 0.237. The van der Waals surface area contributed by atoms with Gasteiger partial charge in [0.2, 0.25) is 6.79 Å². The van der Waals surface area contributed by atoms with E-state index in [1.54, 1.807) is 0 Å². The van der Waals surface area contributed by atoms with Crippen LogP contribution in [-0.4, -0.2) is 25.9 Å². The molecule has 1 aromatic carbocycles. The molecule has 1 aromatic rings. The molecule has 5 heteroatoms. The van der Waals surface area contributed by atoms with Gasteiger partial charge in [-0.25, -0.2) is 0 Å². The summed E-state index contributed by atoms with van der Waals surface area (Å²) in [6.07, 6.45) is 1.54. The van der Waals surface area contributed by atoms with Crippen LogP contribution < -0.4 is 15.2 Å². The van der Waals surface area contributed by atoms with Crippen molar-refractivity contribution in [2.75, 3.05) is 13.9 Å². The maximum atomic E-state index is 11.9. The molecule has 1 heterocycles. The Kier molecular flexibility index (Phi) is 2.63. The van der Waals surface area contributed by atoms with E-state index < -0.39 is 5.92 Å². The van der Waals surface area contributed by atoms with E-state index >= 15 is 0 Å². The number of ether oxygens (including phenoxy) is 3. The molecule has 0 aromatic heterocycles. The zero-order chi connectivity index (χ0) is 12.7. The molecule has 96 valence electrons. The lowest BCUT2D eigenvalue weighted by Gasteiger charge is -2.29. The monoisotopic (exact) mass is 249 g/mol. The van der Waals surface area contributed by atoms with Crippen LogP contribution in [0.4, 0.5) is 0 Å². The Morgan fingerprint density at radius 3 is 3.06 bits per heavy atom. The SMILES string of the molecule is COC(=O)[C@@H]1c2ccc3c(c2CC[C@H]1N)OCO3. The van der Waals surface area contributed by atoms with Crippen molar-refractivity contribution in [2.45, 2.75) is 24.8 Å². The van der Waals surface area contributed by atoms with Crippen molar-refractivity contribution in [3.63, 3.8) is 0 Å². The molecule has 1 aliphatic carbocycles. The number of hydrogen-bond donors (Lipinski definition) is 1. The van der Waals surface area contributed by atoms with Gasteiger partial charge in [0.05, 0.1) is 13.0 Å². The molecule has 0 saturated carbocycles. The average molecular weight is 249 g/mol. The van der Waals surface area contributed by atoms with Crippen molar-refractivity contribution in [3.05, 3.63) is 23.3 Å². The average Bonchev–Trinajstić information content (AvgIpc) is 2.86. The molecular formula is C13H15NO4. The molecule has 2 atom stereocenters. The molecular weight excluding hydrogens is 234 g/mol. The fraction of sp³-hybridized carbons (Fsp3) is 0.462. The maximum absolute atomic E-state index is 11.9. The smallest absolute Gasteiger partial charge is 0.314 e. The van der Waals surface area contributed by atoms with Crippen LogP contribution in [-0.2, 0) is 16.0 Å². The Morgan fingerprint density at radius 1 is 1.44 bits per heavy atom. The summed E-state index contributed by atoms with van der Waals surface area (Å²) in [5.41, 5.74) is 7.98. The van der Waals surface area contributed by atoms with Gasteiger partial charge in [-0.3, -0.25) is 4.79 Å². The third-order valence-electron chi connectivity index (χ3n) is 3.62. The second-order valence-electron chi connectivity index (χ2n) is 4.57. The second kappa shape index (κ2) is 4.17. The third-order valence-corrected chi connectivity index (χ3v) is 3.62. The van der Waals surface area contributed by atoms with E-state index in [2.05, 4.69) is 0 Å². The third kappa shape index (κ3) is 1.54. The Labute approximate surface area is 105 Å². The van der Waals surface area contributed by atoms with E-state index in [-0.39, 0.29) is 18.8 Å². The molecule has 5 nitrogen and oxygen atoms in total. The summed E-state index contributed by atoms with van der Waals surface area (Å²) in [6, 6.07) is 3.52.